The summed E-state index contributed by atoms with van der Waals surface area (Å²) in [6.45, 7) is 10.9. The van der Waals surface area contributed by atoms with Crippen LogP contribution < -0.4 is 0 Å². The first-order valence-corrected chi connectivity index (χ1v) is 5.58. The van der Waals surface area contributed by atoms with Crippen molar-refractivity contribution in [3.8, 4) is 0 Å². The van der Waals surface area contributed by atoms with Gasteiger partial charge in [-0.05, 0) is 33.6 Å². The topological polar surface area (TPSA) is 52.6 Å². The van der Waals surface area contributed by atoms with Gasteiger partial charge in [0.2, 0.25) is 0 Å². The van der Waals surface area contributed by atoms with Crippen LogP contribution >= 0.6 is 0 Å². The molecular formula is C12H22O4. The highest BCUT2D eigenvalue weighted by Gasteiger charge is 2.34. The molecular weight excluding hydrogens is 208 g/mol. The van der Waals surface area contributed by atoms with Gasteiger partial charge in [0.15, 0.2) is 5.92 Å². The second kappa shape index (κ2) is 5.87. The van der Waals surface area contributed by atoms with Crippen molar-refractivity contribution < 1.29 is 19.1 Å². The zero-order valence-electron chi connectivity index (χ0n) is 11.0. The summed E-state index contributed by atoms with van der Waals surface area (Å²) in [5.74, 6) is -1.99. The Balaban J connectivity index is 4.67. The number of carbonyl (C=O) groups is 2. The van der Waals surface area contributed by atoms with E-state index in [1.54, 1.807) is 41.5 Å². The van der Waals surface area contributed by atoms with Gasteiger partial charge in [-0.25, -0.2) is 0 Å². The first-order chi connectivity index (χ1) is 7.19. The molecule has 0 aliphatic carbocycles. The van der Waals surface area contributed by atoms with Gasteiger partial charge in [0, 0.05) is 0 Å². The predicted octanol–water partition coefficient (Wildman–Crippen LogP) is 2.16. The van der Waals surface area contributed by atoms with E-state index in [4.69, 9.17) is 9.47 Å². The molecule has 4 heteroatoms. The van der Waals surface area contributed by atoms with Crippen LogP contribution in [0.4, 0.5) is 0 Å². The van der Waals surface area contributed by atoms with Crippen LogP contribution in [0, 0.1) is 11.8 Å². The third-order valence-corrected chi connectivity index (χ3v) is 1.87. The van der Waals surface area contributed by atoms with Gasteiger partial charge >= 0.3 is 11.9 Å². The molecule has 0 amide bonds. The standard InChI is InChI=1S/C12H22O4/c1-7-15-10(13)9(8(2)3)11(14)16-12(4,5)6/h8-9H,7H2,1-6H3/t9-/m1/s1. The van der Waals surface area contributed by atoms with Gasteiger partial charge in [-0.15, -0.1) is 0 Å². The van der Waals surface area contributed by atoms with E-state index in [-0.39, 0.29) is 12.5 Å². The van der Waals surface area contributed by atoms with E-state index in [0.717, 1.165) is 0 Å². The largest absolute Gasteiger partial charge is 0.465 e. The minimum absolute atomic E-state index is 0.131. The fraction of sp³-hybridized carbons (Fsp3) is 0.833. The van der Waals surface area contributed by atoms with Crippen molar-refractivity contribution in [2.75, 3.05) is 6.61 Å². The molecule has 1 atom stereocenters. The fourth-order valence-corrected chi connectivity index (χ4v) is 1.24. The van der Waals surface area contributed by atoms with Crippen LogP contribution in [0.1, 0.15) is 41.5 Å². The van der Waals surface area contributed by atoms with Gasteiger partial charge in [0.1, 0.15) is 5.60 Å². The summed E-state index contributed by atoms with van der Waals surface area (Å²) in [6.07, 6.45) is 0. The van der Waals surface area contributed by atoms with E-state index in [1.165, 1.54) is 0 Å². The van der Waals surface area contributed by atoms with Gasteiger partial charge in [-0.3, -0.25) is 9.59 Å². The van der Waals surface area contributed by atoms with Crippen LogP contribution in [-0.2, 0) is 19.1 Å². The molecule has 0 radical (unpaired) electrons. The number of hydrogen-bond donors (Lipinski definition) is 0. The number of rotatable bonds is 4. The van der Waals surface area contributed by atoms with Crippen LogP contribution in [0.3, 0.4) is 0 Å². The average Bonchev–Trinajstić information content (AvgIpc) is 1.99. The maximum absolute atomic E-state index is 11.8. The molecule has 0 aromatic heterocycles. The van der Waals surface area contributed by atoms with Crippen LogP contribution in [0.2, 0.25) is 0 Å². The zero-order chi connectivity index (χ0) is 12.9. The monoisotopic (exact) mass is 230 g/mol. The summed E-state index contributed by atoms with van der Waals surface area (Å²) >= 11 is 0. The quantitative estimate of drug-likeness (QED) is 0.548. The van der Waals surface area contributed by atoms with Crippen LogP contribution in [-0.4, -0.2) is 24.1 Å². The van der Waals surface area contributed by atoms with E-state index in [9.17, 15) is 9.59 Å². The van der Waals surface area contributed by atoms with Crippen LogP contribution in [0.25, 0.3) is 0 Å². The van der Waals surface area contributed by atoms with Gasteiger partial charge < -0.3 is 9.47 Å². The minimum atomic E-state index is -0.834. The summed E-state index contributed by atoms with van der Waals surface area (Å²) in [5.41, 5.74) is -0.587. The smallest absolute Gasteiger partial charge is 0.321 e. The lowest BCUT2D eigenvalue weighted by molar-refractivity contribution is -0.171. The average molecular weight is 230 g/mol. The van der Waals surface area contributed by atoms with Crippen LogP contribution in [0.15, 0.2) is 0 Å². The van der Waals surface area contributed by atoms with Crippen molar-refractivity contribution in [2.24, 2.45) is 11.8 Å². The van der Waals surface area contributed by atoms with E-state index in [2.05, 4.69) is 0 Å². The Morgan fingerprint density at radius 2 is 1.62 bits per heavy atom. The van der Waals surface area contributed by atoms with E-state index in [0.29, 0.717) is 0 Å². The Morgan fingerprint density at radius 3 is 1.94 bits per heavy atom. The molecule has 0 aliphatic heterocycles. The molecule has 0 unspecified atom stereocenters. The molecule has 0 saturated carbocycles. The third-order valence-electron chi connectivity index (χ3n) is 1.87. The summed E-state index contributed by atoms with van der Waals surface area (Å²) in [5, 5.41) is 0. The Bertz CT molecular complexity index is 250. The van der Waals surface area contributed by atoms with Gasteiger partial charge in [-0.1, -0.05) is 13.8 Å². The molecule has 0 aliphatic rings. The number of ether oxygens (including phenoxy) is 2. The third kappa shape index (κ3) is 5.14. The van der Waals surface area contributed by atoms with E-state index < -0.39 is 23.5 Å². The second-order valence-electron chi connectivity index (χ2n) is 5.01. The lowest BCUT2D eigenvalue weighted by atomic mass is 9.96. The zero-order valence-corrected chi connectivity index (χ0v) is 11.0. The normalized spacial score (nSPS) is 13.4. The molecule has 16 heavy (non-hydrogen) atoms. The van der Waals surface area contributed by atoms with E-state index in [1.807, 2.05) is 0 Å². The first-order valence-electron chi connectivity index (χ1n) is 5.58. The molecule has 4 nitrogen and oxygen atoms in total. The van der Waals surface area contributed by atoms with Gasteiger partial charge in [0.05, 0.1) is 6.61 Å². The second-order valence-corrected chi connectivity index (χ2v) is 5.01. The molecule has 0 aromatic carbocycles. The van der Waals surface area contributed by atoms with Gasteiger partial charge in [0.25, 0.3) is 0 Å². The maximum atomic E-state index is 11.8. The van der Waals surface area contributed by atoms with Crippen molar-refractivity contribution in [2.45, 2.75) is 47.1 Å². The predicted molar refractivity (Wildman–Crippen MR) is 60.8 cm³/mol. The number of esters is 2. The van der Waals surface area contributed by atoms with Crippen molar-refractivity contribution in [3.63, 3.8) is 0 Å². The number of hydrogen-bond acceptors (Lipinski definition) is 4. The van der Waals surface area contributed by atoms with Crippen molar-refractivity contribution >= 4 is 11.9 Å². The van der Waals surface area contributed by atoms with Crippen molar-refractivity contribution in [1.82, 2.24) is 0 Å². The van der Waals surface area contributed by atoms with E-state index >= 15 is 0 Å². The Labute approximate surface area is 97.3 Å². The Hall–Kier alpha value is -1.06. The summed E-state index contributed by atoms with van der Waals surface area (Å²) in [6, 6.07) is 0. The highest BCUT2D eigenvalue weighted by Crippen LogP contribution is 2.19. The molecule has 0 rings (SSSR count). The molecule has 0 fully saturated rings. The molecule has 0 aromatic rings. The maximum Gasteiger partial charge on any atom is 0.321 e. The molecule has 94 valence electrons. The summed E-state index contributed by atoms with van der Waals surface area (Å²) < 4.78 is 10.1. The first kappa shape index (κ1) is 14.9. The molecule has 0 saturated heterocycles. The summed E-state index contributed by atoms with van der Waals surface area (Å²) in [4.78, 5) is 23.4. The number of carbonyl (C=O) groups excluding carboxylic acids is 2. The van der Waals surface area contributed by atoms with Crippen molar-refractivity contribution in [3.05, 3.63) is 0 Å². The summed E-state index contributed by atoms with van der Waals surface area (Å²) in [7, 11) is 0. The molecule has 0 bridgehead atoms. The molecule has 0 spiro atoms. The van der Waals surface area contributed by atoms with Crippen molar-refractivity contribution in [1.29, 1.82) is 0 Å². The molecule has 0 heterocycles. The lowest BCUT2D eigenvalue weighted by Crippen LogP contribution is -2.36. The highest BCUT2D eigenvalue weighted by molar-refractivity contribution is 5.95. The minimum Gasteiger partial charge on any atom is -0.465 e. The lowest BCUT2D eigenvalue weighted by Gasteiger charge is -2.24. The SMILES string of the molecule is CCOC(=O)[C@H](C(=O)OC(C)(C)C)C(C)C. The Kier molecular flexibility index (Phi) is 5.48. The highest BCUT2D eigenvalue weighted by atomic mass is 16.6. The fourth-order valence-electron chi connectivity index (χ4n) is 1.24. The van der Waals surface area contributed by atoms with Crippen LogP contribution in [0.5, 0.6) is 0 Å². The molecule has 0 N–H and O–H groups in total. The Morgan fingerprint density at radius 1 is 1.12 bits per heavy atom. The van der Waals surface area contributed by atoms with Gasteiger partial charge in [-0.2, -0.15) is 0 Å².